The Labute approximate surface area is 135 Å². The van der Waals surface area contributed by atoms with Crippen molar-refractivity contribution in [3.05, 3.63) is 27.8 Å². The first kappa shape index (κ1) is 15.4. The highest BCUT2D eigenvalue weighted by atomic mass is 127. The van der Waals surface area contributed by atoms with Crippen molar-refractivity contribution < 1.29 is 14.7 Å². The number of carboxylic acids is 1. The molecule has 7 heteroatoms. The van der Waals surface area contributed by atoms with Crippen LogP contribution in [-0.4, -0.2) is 39.2 Å². The SMILES string of the molecule is CCC1SCC(C(=O)O)N1C(=O)Nc1ccc(I)cc1. The molecule has 0 aromatic heterocycles. The average Bonchev–Trinajstić information content (AvgIpc) is 2.85. The molecule has 0 spiro atoms. The average molecular weight is 406 g/mol. The van der Waals surface area contributed by atoms with Crippen LogP contribution >= 0.6 is 34.4 Å². The van der Waals surface area contributed by atoms with Crippen LogP contribution in [0, 0.1) is 3.57 Å². The second kappa shape index (κ2) is 6.66. The van der Waals surface area contributed by atoms with Gasteiger partial charge in [0.05, 0.1) is 5.37 Å². The summed E-state index contributed by atoms with van der Waals surface area (Å²) in [4.78, 5) is 25.0. The summed E-state index contributed by atoms with van der Waals surface area (Å²) in [5.74, 6) is -0.514. The number of amides is 2. The van der Waals surface area contributed by atoms with E-state index in [4.69, 9.17) is 0 Å². The predicted octanol–water partition coefficient (Wildman–Crippen LogP) is 3.06. The third-order valence-corrected chi connectivity index (χ3v) is 5.23. The van der Waals surface area contributed by atoms with E-state index in [0.29, 0.717) is 11.4 Å². The van der Waals surface area contributed by atoms with Crippen molar-refractivity contribution in [1.29, 1.82) is 0 Å². The zero-order valence-corrected chi connectivity index (χ0v) is 13.8. The highest BCUT2D eigenvalue weighted by Crippen LogP contribution is 2.31. The Hall–Kier alpha value is -0.960. The van der Waals surface area contributed by atoms with Gasteiger partial charge in [-0.25, -0.2) is 9.59 Å². The number of carbonyl (C=O) groups is 2. The number of anilines is 1. The molecule has 1 fully saturated rings. The minimum atomic E-state index is -0.953. The molecule has 0 radical (unpaired) electrons. The van der Waals surface area contributed by atoms with Crippen LogP contribution in [0.2, 0.25) is 0 Å². The van der Waals surface area contributed by atoms with E-state index in [0.717, 1.165) is 9.99 Å². The fraction of sp³-hybridized carbons (Fsp3) is 0.385. The Bertz CT molecular complexity index is 509. The number of urea groups is 1. The normalized spacial score (nSPS) is 21.8. The fourth-order valence-corrected chi connectivity index (χ4v) is 3.77. The molecule has 0 aliphatic carbocycles. The quantitative estimate of drug-likeness (QED) is 0.758. The molecule has 1 saturated heterocycles. The molecule has 2 rings (SSSR count). The molecule has 108 valence electrons. The summed E-state index contributed by atoms with van der Waals surface area (Å²) >= 11 is 3.70. The van der Waals surface area contributed by atoms with Crippen LogP contribution in [-0.2, 0) is 4.79 Å². The molecule has 2 amide bonds. The van der Waals surface area contributed by atoms with Crippen LogP contribution in [0.3, 0.4) is 0 Å². The zero-order valence-electron chi connectivity index (χ0n) is 10.9. The maximum atomic E-state index is 12.3. The van der Waals surface area contributed by atoms with Crippen molar-refractivity contribution in [3.63, 3.8) is 0 Å². The maximum absolute atomic E-state index is 12.3. The number of benzene rings is 1. The van der Waals surface area contributed by atoms with Crippen molar-refractivity contribution in [2.75, 3.05) is 11.1 Å². The van der Waals surface area contributed by atoms with E-state index in [1.165, 1.54) is 16.7 Å². The minimum Gasteiger partial charge on any atom is -0.480 e. The van der Waals surface area contributed by atoms with Crippen molar-refractivity contribution in [1.82, 2.24) is 4.90 Å². The lowest BCUT2D eigenvalue weighted by Gasteiger charge is -2.26. The standard InChI is InChI=1S/C13H15IN2O3S/c1-2-11-16(10(7-20-11)12(17)18)13(19)15-9-5-3-8(14)4-6-9/h3-6,10-11H,2,7H2,1H3,(H,15,19)(H,17,18). The first-order valence-electron chi connectivity index (χ1n) is 6.22. The number of rotatable bonds is 3. The summed E-state index contributed by atoms with van der Waals surface area (Å²) in [6.07, 6.45) is 0.731. The van der Waals surface area contributed by atoms with Gasteiger partial charge in [-0.1, -0.05) is 6.92 Å². The summed E-state index contributed by atoms with van der Waals surface area (Å²) in [5, 5.41) is 11.9. The van der Waals surface area contributed by atoms with Crippen LogP contribution in [0.25, 0.3) is 0 Å². The number of nitrogens with zero attached hydrogens (tertiary/aromatic N) is 1. The third-order valence-electron chi connectivity index (χ3n) is 3.06. The number of nitrogens with one attached hydrogen (secondary N) is 1. The number of hydrogen-bond donors (Lipinski definition) is 2. The summed E-state index contributed by atoms with van der Waals surface area (Å²) in [6.45, 7) is 1.95. The molecule has 20 heavy (non-hydrogen) atoms. The molecule has 1 aliphatic heterocycles. The summed E-state index contributed by atoms with van der Waals surface area (Å²) in [5.41, 5.74) is 0.673. The van der Waals surface area contributed by atoms with Crippen LogP contribution in [0.5, 0.6) is 0 Å². The molecule has 2 N–H and O–H groups in total. The number of hydrogen-bond acceptors (Lipinski definition) is 3. The summed E-state index contributed by atoms with van der Waals surface area (Å²) < 4.78 is 1.08. The molecule has 5 nitrogen and oxygen atoms in total. The molecular weight excluding hydrogens is 391 g/mol. The Morgan fingerprint density at radius 2 is 2.10 bits per heavy atom. The first-order valence-corrected chi connectivity index (χ1v) is 8.35. The van der Waals surface area contributed by atoms with Gasteiger partial charge in [-0.3, -0.25) is 4.90 Å². The molecule has 1 aliphatic rings. The molecule has 0 saturated carbocycles. The molecule has 1 aromatic rings. The lowest BCUT2D eigenvalue weighted by molar-refractivity contribution is -0.141. The number of thioether (sulfide) groups is 1. The topological polar surface area (TPSA) is 69.6 Å². The van der Waals surface area contributed by atoms with Gasteiger partial charge in [-0.05, 0) is 53.3 Å². The van der Waals surface area contributed by atoms with E-state index < -0.39 is 12.0 Å². The van der Waals surface area contributed by atoms with E-state index in [2.05, 4.69) is 27.9 Å². The Balaban J connectivity index is 2.12. The van der Waals surface area contributed by atoms with E-state index >= 15 is 0 Å². The van der Waals surface area contributed by atoms with Gasteiger partial charge in [0.25, 0.3) is 0 Å². The van der Waals surface area contributed by atoms with Crippen LogP contribution < -0.4 is 5.32 Å². The van der Waals surface area contributed by atoms with Crippen LogP contribution in [0.15, 0.2) is 24.3 Å². The highest BCUT2D eigenvalue weighted by Gasteiger charge is 2.40. The Morgan fingerprint density at radius 1 is 1.45 bits per heavy atom. The summed E-state index contributed by atoms with van der Waals surface area (Å²) in [6, 6.07) is 6.28. The minimum absolute atomic E-state index is 0.0834. The molecule has 1 aromatic carbocycles. The lowest BCUT2D eigenvalue weighted by atomic mass is 10.2. The van der Waals surface area contributed by atoms with Gasteiger partial charge < -0.3 is 10.4 Å². The predicted molar refractivity (Wildman–Crippen MR) is 88.0 cm³/mol. The second-order valence-electron chi connectivity index (χ2n) is 4.39. The number of aliphatic carboxylic acids is 1. The number of halogens is 1. The monoisotopic (exact) mass is 406 g/mol. The van der Waals surface area contributed by atoms with Gasteiger partial charge >= 0.3 is 12.0 Å². The van der Waals surface area contributed by atoms with Crippen LogP contribution in [0.4, 0.5) is 10.5 Å². The van der Waals surface area contributed by atoms with Crippen molar-refractivity contribution in [2.45, 2.75) is 24.8 Å². The van der Waals surface area contributed by atoms with Gasteiger partial charge in [0.1, 0.15) is 6.04 Å². The van der Waals surface area contributed by atoms with Gasteiger partial charge in [-0.2, -0.15) is 0 Å². The summed E-state index contributed by atoms with van der Waals surface area (Å²) in [7, 11) is 0. The molecule has 2 unspecified atom stereocenters. The van der Waals surface area contributed by atoms with Crippen molar-refractivity contribution in [2.24, 2.45) is 0 Å². The molecule has 0 bridgehead atoms. The smallest absolute Gasteiger partial charge is 0.327 e. The van der Waals surface area contributed by atoms with Crippen LogP contribution in [0.1, 0.15) is 13.3 Å². The molecular formula is C13H15IN2O3S. The van der Waals surface area contributed by atoms with Gasteiger partial charge in [0.2, 0.25) is 0 Å². The van der Waals surface area contributed by atoms with Gasteiger partial charge in [0.15, 0.2) is 0 Å². The lowest BCUT2D eigenvalue weighted by Crippen LogP contribution is -2.47. The third kappa shape index (κ3) is 3.38. The number of carboxylic acid groups (broad SMARTS) is 1. The van der Waals surface area contributed by atoms with E-state index in [1.807, 2.05) is 19.1 Å². The second-order valence-corrected chi connectivity index (χ2v) is 6.85. The van der Waals surface area contributed by atoms with E-state index in [-0.39, 0.29) is 11.4 Å². The largest absolute Gasteiger partial charge is 0.480 e. The van der Waals surface area contributed by atoms with Gasteiger partial charge in [-0.15, -0.1) is 11.8 Å². The van der Waals surface area contributed by atoms with E-state index in [9.17, 15) is 14.7 Å². The Kier molecular flexibility index (Phi) is 5.14. The van der Waals surface area contributed by atoms with Crippen molar-refractivity contribution in [3.8, 4) is 0 Å². The highest BCUT2D eigenvalue weighted by molar-refractivity contribution is 14.1. The van der Waals surface area contributed by atoms with Gasteiger partial charge in [0, 0.05) is 15.0 Å². The van der Waals surface area contributed by atoms with Crippen molar-refractivity contribution >= 4 is 52.0 Å². The molecule has 1 heterocycles. The zero-order chi connectivity index (χ0) is 14.7. The first-order chi connectivity index (χ1) is 9.52. The van der Waals surface area contributed by atoms with E-state index in [1.54, 1.807) is 12.1 Å². The fourth-order valence-electron chi connectivity index (χ4n) is 2.06. The molecule has 2 atom stereocenters. The maximum Gasteiger partial charge on any atom is 0.327 e. The number of carbonyl (C=O) groups excluding carboxylic acids is 1. The Morgan fingerprint density at radius 3 is 2.65 bits per heavy atom.